The van der Waals surface area contributed by atoms with Crippen LogP contribution in [0.3, 0.4) is 0 Å². The van der Waals surface area contributed by atoms with E-state index in [9.17, 15) is 4.79 Å². The lowest BCUT2D eigenvalue weighted by Crippen LogP contribution is -2.20. The highest BCUT2D eigenvalue weighted by Gasteiger charge is 2.19. The number of hydrogen-bond acceptors (Lipinski definition) is 4. The van der Waals surface area contributed by atoms with E-state index in [2.05, 4.69) is 46.4 Å². The molecule has 4 rings (SSSR count). The van der Waals surface area contributed by atoms with Crippen molar-refractivity contribution in [2.24, 2.45) is 0 Å². The minimum absolute atomic E-state index is 0.00618. The van der Waals surface area contributed by atoms with Crippen molar-refractivity contribution in [1.82, 2.24) is 19.6 Å². The number of aromatic amines is 1. The second-order valence-electron chi connectivity index (χ2n) is 6.12. The molecule has 0 radical (unpaired) electrons. The number of para-hydroxylation sites is 1. The van der Waals surface area contributed by atoms with E-state index in [0.29, 0.717) is 18.1 Å². The second-order valence-corrected chi connectivity index (χ2v) is 6.12. The minimum Gasteiger partial charge on any atom is -0.377 e. The maximum atomic E-state index is 12.4. The summed E-state index contributed by atoms with van der Waals surface area (Å²) >= 11 is 0. The minimum atomic E-state index is -0.00618. The molecule has 0 fully saturated rings. The number of nitrogens with one attached hydrogen (secondary N) is 2. The lowest BCUT2D eigenvalue weighted by atomic mass is 10.1. The van der Waals surface area contributed by atoms with E-state index < -0.39 is 0 Å². The fraction of sp³-hybridized carbons (Fsp3) is 0.353. The molecule has 0 saturated carbocycles. The third kappa shape index (κ3) is 2.30. The molecule has 2 N–H and O–H groups in total. The molecule has 0 atom stereocenters. The number of aryl methyl sites for hydroxylation is 3. The van der Waals surface area contributed by atoms with Gasteiger partial charge in [-0.05, 0) is 44.2 Å². The molecule has 1 aliphatic rings. The number of benzene rings is 1. The molecule has 0 bridgehead atoms. The first-order valence-electron chi connectivity index (χ1n) is 7.93. The fourth-order valence-electron chi connectivity index (χ4n) is 3.27. The molecule has 1 aromatic carbocycles. The second kappa shape index (κ2) is 5.22. The van der Waals surface area contributed by atoms with Crippen molar-refractivity contribution in [3.63, 3.8) is 0 Å². The number of hydrogen-bond donors (Lipinski definition) is 2. The van der Waals surface area contributed by atoms with E-state index >= 15 is 0 Å². The van der Waals surface area contributed by atoms with Crippen LogP contribution in [0.25, 0.3) is 5.78 Å². The third-order valence-corrected chi connectivity index (χ3v) is 4.47. The molecule has 0 unspecified atom stereocenters. The number of aromatic nitrogens is 4. The van der Waals surface area contributed by atoms with Gasteiger partial charge in [-0.25, -0.2) is 4.98 Å². The highest BCUT2D eigenvalue weighted by atomic mass is 16.1. The van der Waals surface area contributed by atoms with Gasteiger partial charge in [0.25, 0.3) is 11.3 Å². The van der Waals surface area contributed by atoms with Crippen LogP contribution >= 0.6 is 0 Å². The van der Waals surface area contributed by atoms with Gasteiger partial charge in [-0.1, -0.05) is 18.2 Å². The normalized spacial score (nSPS) is 13.5. The van der Waals surface area contributed by atoms with Crippen LogP contribution in [0.2, 0.25) is 0 Å². The lowest BCUT2D eigenvalue weighted by molar-refractivity contribution is 0.839. The predicted octanol–water partition coefficient (Wildman–Crippen LogP) is 2.14. The Morgan fingerprint density at radius 2 is 2.00 bits per heavy atom. The standard InChI is InChI=1S/C17H19N5O/c1-10-5-3-6-11(2)15(10)18-9-14-20-17-19-13-8-4-7-12(13)16(23)22(17)21-14/h3,5-6,18H,4,7-9H2,1-2H3,(H,19,20,21). The average Bonchev–Trinajstić information content (AvgIpc) is 3.14. The Balaban J connectivity index is 1.66. The van der Waals surface area contributed by atoms with Gasteiger partial charge in [0.15, 0.2) is 0 Å². The maximum Gasteiger partial charge on any atom is 0.277 e. The van der Waals surface area contributed by atoms with Crippen LogP contribution in [-0.2, 0) is 19.4 Å². The summed E-state index contributed by atoms with van der Waals surface area (Å²) in [5.41, 5.74) is 5.23. The summed E-state index contributed by atoms with van der Waals surface area (Å²) in [6.07, 6.45) is 2.70. The molecule has 0 aliphatic heterocycles. The number of fused-ring (bicyclic) bond motifs is 2. The van der Waals surface area contributed by atoms with Crippen molar-refractivity contribution in [3.8, 4) is 0 Å². The van der Waals surface area contributed by atoms with Crippen LogP contribution in [0.1, 0.15) is 34.6 Å². The summed E-state index contributed by atoms with van der Waals surface area (Å²) in [5, 5.41) is 6.47. The van der Waals surface area contributed by atoms with E-state index in [4.69, 9.17) is 0 Å². The van der Waals surface area contributed by atoms with Crippen molar-refractivity contribution >= 4 is 11.5 Å². The van der Waals surface area contributed by atoms with E-state index in [1.54, 1.807) is 0 Å². The van der Waals surface area contributed by atoms with Crippen molar-refractivity contribution in [2.75, 3.05) is 5.32 Å². The molecule has 1 aliphatic carbocycles. The zero-order valence-electron chi connectivity index (χ0n) is 13.3. The molecule has 23 heavy (non-hydrogen) atoms. The Kier molecular flexibility index (Phi) is 3.18. The van der Waals surface area contributed by atoms with E-state index in [-0.39, 0.29) is 5.56 Å². The molecule has 2 heterocycles. The Labute approximate surface area is 133 Å². The van der Waals surface area contributed by atoms with Gasteiger partial charge < -0.3 is 5.32 Å². The Morgan fingerprint density at radius 1 is 1.22 bits per heavy atom. The monoisotopic (exact) mass is 309 g/mol. The quantitative estimate of drug-likeness (QED) is 0.777. The van der Waals surface area contributed by atoms with Gasteiger partial charge in [0.05, 0.1) is 12.2 Å². The zero-order valence-corrected chi connectivity index (χ0v) is 13.3. The third-order valence-electron chi connectivity index (χ3n) is 4.47. The van der Waals surface area contributed by atoms with Gasteiger partial charge in [0.1, 0.15) is 5.82 Å². The van der Waals surface area contributed by atoms with Crippen LogP contribution in [0, 0.1) is 13.8 Å². The number of anilines is 1. The van der Waals surface area contributed by atoms with Crippen molar-refractivity contribution in [2.45, 2.75) is 39.7 Å². The summed E-state index contributed by atoms with van der Waals surface area (Å²) in [5.74, 6) is 1.18. The van der Waals surface area contributed by atoms with Crippen LogP contribution < -0.4 is 10.9 Å². The highest BCUT2D eigenvalue weighted by Crippen LogP contribution is 2.20. The Bertz CT molecular complexity index is 933. The first kappa shape index (κ1) is 14.0. The van der Waals surface area contributed by atoms with Crippen LogP contribution in [0.4, 0.5) is 5.69 Å². The molecule has 6 heteroatoms. The van der Waals surface area contributed by atoms with Crippen LogP contribution in [0.5, 0.6) is 0 Å². The van der Waals surface area contributed by atoms with Crippen molar-refractivity contribution in [1.29, 1.82) is 0 Å². The van der Waals surface area contributed by atoms with E-state index in [1.807, 2.05) is 6.07 Å². The number of rotatable bonds is 3. The smallest absolute Gasteiger partial charge is 0.277 e. The number of nitrogens with zero attached hydrogens (tertiary/aromatic N) is 3. The number of H-pyrrole nitrogens is 1. The van der Waals surface area contributed by atoms with Gasteiger partial charge in [-0.3, -0.25) is 9.89 Å². The molecule has 2 aromatic heterocycles. The Hall–Kier alpha value is -2.63. The van der Waals surface area contributed by atoms with Gasteiger partial charge in [0.2, 0.25) is 0 Å². The molecule has 0 spiro atoms. The summed E-state index contributed by atoms with van der Waals surface area (Å²) < 4.78 is 1.46. The van der Waals surface area contributed by atoms with E-state index in [1.165, 1.54) is 15.6 Å². The molecule has 0 saturated heterocycles. The van der Waals surface area contributed by atoms with Crippen LogP contribution in [0.15, 0.2) is 23.0 Å². The summed E-state index contributed by atoms with van der Waals surface area (Å²) in [6.45, 7) is 4.67. The molecule has 6 nitrogen and oxygen atoms in total. The van der Waals surface area contributed by atoms with Gasteiger partial charge in [-0.2, -0.15) is 9.50 Å². The average molecular weight is 309 g/mol. The predicted molar refractivity (Wildman–Crippen MR) is 88.9 cm³/mol. The summed E-state index contributed by atoms with van der Waals surface area (Å²) in [7, 11) is 0. The molecular formula is C17H19N5O. The molecule has 118 valence electrons. The lowest BCUT2D eigenvalue weighted by Gasteiger charge is -2.10. The van der Waals surface area contributed by atoms with Crippen molar-refractivity contribution in [3.05, 3.63) is 56.8 Å². The first-order chi connectivity index (χ1) is 11.1. The summed E-state index contributed by atoms with van der Waals surface area (Å²) in [4.78, 5) is 21.4. The highest BCUT2D eigenvalue weighted by molar-refractivity contribution is 5.56. The topological polar surface area (TPSA) is 75.1 Å². The summed E-state index contributed by atoms with van der Waals surface area (Å²) in [6, 6.07) is 6.19. The largest absolute Gasteiger partial charge is 0.377 e. The molecule has 0 amide bonds. The SMILES string of the molecule is Cc1cccc(C)c1NCc1nc2nc3c(c(=O)n2[nH]1)CCC3. The fourth-order valence-corrected chi connectivity index (χ4v) is 3.27. The van der Waals surface area contributed by atoms with Gasteiger partial charge >= 0.3 is 0 Å². The molecule has 3 aromatic rings. The first-order valence-corrected chi connectivity index (χ1v) is 7.93. The van der Waals surface area contributed by atoms with Gasteiger partial charge in [0, 0.05) is 11.3 Å². The molecular weight excluding hydrogens is 290 g/mol. The zero-order chi connectivity index (χ0) is 16.0. The van der Waals surface area contributed by atoms with Crippen LogP contribution in [-0.4, -0.2) is 19.6 Å². The van der Waals surface area contributed by atoms with Gasteiger partial charge in [-0.15, -0.1) is 0 Å². The van der Waals surface area contributed by atoms with Crippen molar-refractivity contribution < 1.29 is 0 Å². The van der Waals surface area contributed by atoms with E-state index in [0.717, 1.165) is 36.2 Å². The maximum absolute atomic E-state index is 12.4. The Morgan fingerprint density at radius 3 is 2.78 bits per heavy atom.